The zero-order valence-electron chi connectivity index (χ0n) is 11.9. The van der Waals surface area contributed by atoms with Crippen LogP contribution in [-0.2, 0) is 4.74 Å². The minimum absolute atomic E-state index is 0.275. The first-order valence-electron chi connectivity index (χ1n) is 7.57. The lowest BCUT2D eigenvalue weighted by Crippen LogP contribution is -2.04. The molecule has 1 aliphatic carbocycles. The number of hydrogen-bond donors (Lipinski definition) is 1. The molecule has 0 radical (unpaired) electrons. The molecule has 0 bridgehead atoms. The molecule has 0 unspecified atom stereocenters. The Labute approximate surface area is 119 Å². The molecular formula is C17H21NO2. The van der Waals surface area contributed by atoms with E-state index in [1.165, 1.54) is 37.7 Å². The Hall–Kier alpha value is -1.77. The van der Waals surface area contributed by atoms with Crippen LogP contribution in [0.4, 0.5) is 0 Å². The van der Waals surface area contributed by atoms with Gasteiger partial charge in [0, 0.05) is 10.9 Å². The first kappa shape index (κ1) is 13.2. The fraction of sp³-hybridized carbons (Fsp3) is 0.471. The van der Waals surface area contributed by atoms with Gasteiger partial charge in [0.05, 0.1) is 6.61 Å². The van der Waals surface area contributed by atoms with E-state index in [9.17, 15) is 4.79 Å². The standard InChI is InChI=1S/C17H21NO2/c1-2-20-17(19)16-11-14-10-13(8-9-15(14)18-16)12-6-4-3-5-7-12/h8-12,18H,2-7H2,1H3. The molecule has 1 fully saturated rings. The van der Waals surface area contributed by atoms with Crippen molar-refractivity contribution in [3.05, 3.63) is 35.5 Å². The maximum absolute atomic E-state index is 11.7. The van der Waals surface area contributed by atoms with Crippen molar-refractivity contribution in [3.63, 3.8) is 0 Å². The average Bonchev–Trinajstić information content (AvgIpc) is 2.91. The third-order valence-electron chi connectivity index (χ3n) is 4.22. The lowest BCUT2D eigenvalue weighted by atomic mass is 9.84. The lowest BCUT2D eigenvalue weighted by molar-refractivity contribution is 0.0520. The highest BCUT2D eigenvalue weighted by Crippen LogP contribution is 2.34. The van der Waals surface area contributed by atoms with Gasteiger partial charge >= 0.3 is 5.97 Å². The summed E-state index contributed by atoms with van der Waals surface area (Å²) in [4.78, 5) is 14.9. The Bertz CT molecular complexity index is 608. The van der Waals surface area contributed by atoms with Crippen molar-refractivity contribution in [2.45, 2.75) is 44.9 Å². The number of nitrogens with one attached hydrogen (secondary N) is 1. The van der Waals surface area contributed by atoms with Crippen LogP contribution in [-0.4, -0.2) is 17.6 Å². The van der Waals surface area contributed by atoms with Crippen molar-refractivity contribution < 1.29 is 9.53 Å². The van der Waals surface area contributed by atoms with Crippen LogP contribution in [0.2, 0.25) is 0 Å². The topological polar surface area (TPSA) is 42.1 Å². The number of benzene rings is 1. The zero-order valence-corrected chi connectivity index (χ0v) is 11.9. The molecular weight excluding hydrogens is 250 g/mol. The number of aromatic amines is 1. The van der Waals surface area contributed by atoms with Crippen molar-refractivity contribution in [1.29, 1.82) is 0 Å². The summed E-state index contributed by atoms with van der Waals surface area (Å²) in [5, 5.41) is 1.11. The van der Waals surface area contributed by atoms with Crippen molar-refractivity contribution in [1.82, 2.24) is 4.98 Å². The highest BCUT2D eigenvalue weighted by molar-refractivity contribution is 5.95. The molecule has 0 saturated heterocycles. The Morgan fingerprint density at radius 1 is 1.25 bits per heavy atom. The smallest absolute Gasteiger partial charge is 0.354 e. The molecule has 0 aliphatic heterocycles. The highest BCUT2D eigenvalue weighted by Gasteiger charge is 2.17. The third-order valence-corrected chi connectivity index (χ3v) is 4.22. The number of esters is 1. The largest absolute Gasteiger partial charge is 0.461 e. The molecule has 106 valence electrons. The number of aromatic nitrogens is 1. The fourth-order valence-electron chi connectivity index (χ4n) is 3.16. The summed E-state index contributed by atoms with van der Waals surface area (Å²) < 4.78 is 5.03. The van der Waals surface area contributed by atoms with E-state index >= 15 is 0 Å². The number of carbonyl (C=O) groups excluding carboxylic acids is 1. The van der Waals surface area contributed by atoms with Crippen LogP contribution in [0, 0.1) is 0 Å². The van der Waals surface area contributed by atoms with Crippen LogP contribution in [0.1, 0.15) is 61.0 Å². The van der Waals surface area contributed by atoms with Crippen molar-refractivity contribution in [2.24, 2.45) is 0 Å². The van der Waals surface area contributed by atoms with E-state index in [-0.39, 0.29) is 5.97 Å². The summed E-state index contributed by atoms with van der Waals surface area (Å²) in [5.41, 5.74) is 2.96. The Morgan fingerprint density at radius 3 is 2.80 bits per heavy atom. The molecule has 0 spiro atoms. The summed E-state index contributed by atoms with van der Waals surface area (Å²) in [5.74, 6) is 0.414. The van der Waals surface area contributed by atoms with Crippen LogP contribution in [0.3, 0.4) is 0 Å². The van der Waals surface area contributed by atoms with Crippen LogP contribution >= 0.6 is 0 Å². The second-order valence-electron chi connectivity index (χ2n) is 5.59. The normalized spacial score (nSPS) is 16.4. The maximum Gasteiger partial charge on any atom is 0.354 e. The zero-order chi connectivity index (χ0) is 13.9. The molecule has 2 aromatic rings. The molecule has 20 heavy (non-hydrogen) atoms. The first-order chi connectivity index (χ1) is 9.78. The summed E-state index contributed by atoms with van der Waals surface area (Å²) in [6.07, 6.45) is 6.63. The quantitative estimate of drug-likeness (QED) is 0.841. The second kappa shape index (κ2) is 5.70. The second-order valence-corrected chi connectivity index (χ2v) is 5.59. The number of hydrogen-bond acceptors (Lipinski definition) is 2. The molecule has 3 rings (SSSR count). The number of H-pyrrole nitrogens is 1. The lowest BCUT2D eigenvalue weighted by Gasteiger charge is -2.21. The van der Waals surface area contributed by atoms with Crippen molar-refractivity contribution in [3.8, 4) is 0 Å². The van der Waals surface area contributed by atoms with Crippen LogP contribution < -0.4 is 0 Å². The van der Waals surface area contributed by atoms with Crippen molar-refractivity contribution in [2.75, 3.05) is 6.61 Å². The van der Waals surface area contributed by atoms with Gasteiger partial charge in [0.2, 0.25) is 0 Å². The van der Waals surface area contributed by atoms with E-state index in [1.807, 2.05) is 13.0 Å². The van der Waals surface area contributed by atoms with Gasteiger partial charge in [-0.05, 0) is 49.4 Å². The number of carbonyl (C=O) groups is 1. The first-order valence-corrected chi connectivity index (χ1v) is 7.57. The molecule has 3 nitrogen and oxygen atoms in total. The molecule has 3 heteroatoms. The summed E-state index contributed by atoms with van der Waals surface area (Å²) in [6.45, 7) is 2.23. The molecule has 0 amide bonds. The van der Waals surface area contributed by atoms with E-state index in [1.54, 1.807) is 0 Å². The van der Waals surface area contributed by atoms with E-state index in [0.717, 1.165) is 10.9 Å². The van der Waals surface area contributed by atoms with Gasteiger partial charge in [-0.2, -0.15) is 0 Å². The molecule has 1 aromatic heterocycles. The van der Waals surface area contributed by atoms with E-state index in [0.29, 0.717) is 18.2 Å². The predicted molar refractivity (Wildman–Crippen MR) is 80.1 cm³/mol. The Kier molecular flexibility index (Phi) is 3.77. The number of rotatable bonds is 3. The van der Waals surface area contributed by atoms with Crippen LogP contribution in [0.25, 0.3) is 10.9 Å². The Balaban J connectivity index is 1.88. The summed E-state index contributed by atoms with van der Waals surface area (Å²) >= 11 is 0. The van der Waals surface area contributed by atoms with Crippen LogP contribution in [0.15, 0.2) is 24.3 Å². The minimum Gasteiger partial charge on any atom is -0.461 e. The van der Waals surface area contributed by atoms with Crippen LogP contribution in [0.5, 0.6) is 0 Å². The van der Waals surface area contributed by atoms with Gasteiger partial charge in [0.25, 0.3) is 0 Å². The maximum atomic E-state index is 11.7. The van der Waals surface area contributed by atoms with Gasteiger partial charge in [-0.1, -0.05) is 25.3 Å². The average molecular weight is 271 g/mol. The molecule has 1 aliphatic rings. The SMILES string of the molecule is CCOC(=O)c1cc2cc(C3CCCCC3)ccc2[nH]1. The number of fused-ring (bicyclic) bond motifs is 1. The highest BCUT2D eigenvalue weighted by atomic mass is 16.5. The van der Waals surface area contributed by atoms with Gasteiger partial charge in [-0.15, -0.1) is 0 Å². The predicted octanol–water partition coefficient (Wildman–Crippen LogP) is 4.39. The van der Waals surface area contributed by atoms with E-state index < -0.39 is 0 Å². The molecule has 1 aromatic carbocycles. The van der Waals surface area contributed by atoms with E-state index in [4.69, 9.17) is 4.74 Å². The molecule has 0 atom stereocenters. The summed E-state index contributed by atoms with van der Waals surface area (Å²) in [6, 6.07) is 8.41. The monoisotopic (exact) mass is 271 g/mol. The minimum atomic E-state index is -0.275. The summed E-state index contributed by atoms with van der Waals surface area (Å²) in [7, 11) is 0. The molecule has 1 saturated carbocycles. The van der Waals surface area contributed by atoms with Crippen molar-refractivity contribution >= 4 is 16.9 Å². The molecule has 1 N–H and O–H groups in total. The van der Waals surface area contributed by atoms with Gasteiger partial charge in [0.1, 0.15) is 5.69 Å². The van der Waals surface area contributed by atoms with Gasteiger partial charge in [-0.3, -0.25) is 0 Å². The fourth-order valence-corrected chi connectivity index (χ4v) is 3.16. The molecule has 1 heterocycles. The van der Waals surface area contributed by atoms with Gasteiger partial charge < -0.3 is 9.72 Å². The Morgan fingerprint density at radius 2 is 2.05 bits per heavy atom. The van der Waals surface area contributed by atoms with Gasteiger partial charge in [-0.25, -0.2) is 4.79 Å². The van der Waals surface area contributed by atoms with Gasteiger partial charge in [0.15, 0.2) is 0 Å². The number of ether oxygens (including phenoxy) is 1. The third kappa shape index (κ3) is 2.58. The van der Waals surface area contributed by atoms with E-state index in [2.05, 4.69) is 23.2 Å².